The van der Waals surface area contributed by atoms with Crippen molar-refractivity contribution in [3.05, 3.63) is 18.2 Å². The summed E-state index contributed by atoms with van der Waals surface area (Å²) in [6.45, 7) is 5.45. The summed E-state index contributed by atoms with van der Waals surface area (Å²) in [5.41, 5.74) is 1.05. The number of benzene rings is 1. The van der Waals surface area contributed by atoms with Gasteiger partial charge in [-0.05, 0) is 12.3 Å². The van der Waals surface area contributed by atoms with Gasteiger partial charge in [0, 0.05) is 30.4 Å². The van der Waals surface area contributed by atoms with Crippen LogP contribution in [-0.4, -0.2) is 20.8 Å². The van der Waals surface area contributed by atoms with Gasteiger partial charge in [0.15, 0.2) is 0 Å². The summed E-state index contributed by atoms with van der Waals surface area (Å²) in [5.74, 6) is 2.31. The van der Waals surface area contributed by atoms with Crippen LogP contribution >= 0.6 is 0 Å². The molecule has 3 nitrogen and oxygen atoms in total. The molecule has 0 aromatic heterocycles. The zero-order valence-electron chi connectivity index (χ0n) is 11.2. The molecule has 0 aliphatic rings. The van der Waals surface area contributed by atoms with Gasteiger partial charge in [0.1, 0.15) is 11.5 Å². The van der Waals surface area contributed by atoms with Gasteiger partial charge >= 0.3 is 0 Å². The van der Waals surface area contributed by atoms with E-state index >= 15 is 0 Å². The summed E-state index contributed by atoms with van der Waals surface area (Å²) >= 11 is 0. The fraction of sp³-hybridized carbons (Fsp3) is 0.571. The van der Waals surface area contributed by atoms with Crippen molar-refractivity contribution < 1.29 is 9.47 Å². The molecular weight excluding hydrogens is 214 g/mol. The standard InChI is InChI=1S/C14H23NO2/c1-5-6-11(2)10-15-12-7-13(16-3)9-14(8-12)17-4/h7-9,11,15H,5-6,10H2,1-4H3. The van der Waals surface area contributed by atoms with Crippen LogP contribution in [0.15, 0.2) is 18.2 Å². The lowest BCUT2D eigenvalue weighted by Gasteiger charge is -2.14. The van der Waals surface area contributed by atoms with E-state index in [1.807, 2.05) is 18.2 Å². The van der Waals surface area contributed by atoms with Crippen LogP contribution in [0.25, 0.3) is 0 Å². The number of methoxy groups -OCH3 is 2. The van der Waals surface area contributed by atoms with Crippen LogP contribution < -0.4 is 14.8 Å². The van der Waals surface area contributed by atoms with Crippen LogP contribution in [0, 0.1) is 5.92 Å². The number of ether oxygens (including phenoxy) is 2. The summed E-state index contributed by atoms with van der Waals surface area (Å²) in [4.78, 5) is 0. The Hall–Kier alpha value is -1.38. The molecule has 0 fully saturated rings. The van der Waals surface area contributed by atoms with Crippen LogP contribution in [0.2, 0.25) is 0 Å². The van der Waals surface area contributed by atoms with E-state index in [4.69, 9.17) is 9.47 Å². The highest BCUT2D eigenvalue weighted by Crippen LogP contribution is 2.25. The number of hydrogen-bond acceptors (Lipinski definition) is 3. The molecule has 0 heterocycles. The molecule has 1 atom stereocenters. The first-order valence-electron chi connectivity index (χ1n) is 6.16. The van der Waals surface area contributed by atoms with Crippen molar-refractivity contribution in [1.29, 1.82) is 0 Å². The lowest BCUT2D eigenvalue weighted by atomic mass is 10.1. The molecule has 17 heavy (non-hydrogen) atoms. The number of rotatable bonds is 7. The lowest BCUT2D eigenvalue weighted by Crippen LogP contribution is -2.11. The second kappa shape index (κ2) is 7.05. The van der Waals surface area contributed by atoms with Gasteiger partial charge in [0.25, 0.3) is 0 Å². The molecule has 1 aromatic rings. The molecule has 0 saturated heterocycles. The first-order valence-corrected chi connectivity index (χ1v) is 6.16. The highest BCUT2D eigenvalue weighted by molar-refractivity contribution is 5.53. The molecule has 1 aromatic carbocycles. The molecule has 0 spiro atoms. The average Bonchev–Trinajstić information content (AvgIpc) is 2.36. The SMILES string of the molecule is CCCC(C)CNc1cc(OC)cc(OC)c1. The zero-order chi connectivity index (χ0) is 12.7. The predicted molar refractivity (Wildman–Crippen MR) is 72.1 cm³/mol. The third-order valence-corrected chi connectivity index (χ3v) is 2.79. The van der Waals surface area contributed by atoms with Crippen molar-refractivity contribution in [2.24, 2.45) is 5.92 Å². The van der Waals surface area contributed by atoms with Crippen molar-refractivity contribution in [3.8, 4) is 11.5 Å². The molecule has 0 bridgehead atoms. The maximum atomic E-state index is 5.23. The van der Waals surface area contributed by atoms with E-state index in [1.165, 1.54) is 12.8 Å². The van der Waals surface area contributed by atoms with Gasteiger partial charge in [-0.3, -0.25) is 0 Å². The maximum absolute atomic E-state index is 5.23. The third kappa shape index (κ3) is 4.55. The average molecular weight is 237 g/mol. The molecule has 0 amide bonds. The fourth-order valence-corrected chi connectivity index (χ4v) is 1.80. The Bertz CT molecular complexity index is 317. The summed E-state index contributed by atoms with van der Waals surface area (Å²) in [6.07, 6.45) is 2.47. The van der Waals surface area contributed by atoms with E-state index < -0.39 is 0 Å². The molecule has 0 aliphatic carbocycles. The second-order valence-corrected chi connectivity index (χ2v) is 4.38. The van der Waals surface area contributed by atoms with E-state index in [-0.39, 0.29) is 0 Å². The lowest BCUT2D eigenvalue weighted by molar-refractivity contribution is 0.394. The zero-order valence-corrected chi connectivity index (χ0v) is 11.2. The molecule has 0 radical (unpaired) electrons. The Morgan fingerprint density at radius 3 is 2.18 bits per heavy atom. The fourth-order valence-electron chi connectivity index (χ4n) is 1.80. The van der Waals surface area contributed by atoms with Gasteiger partial charge in [0.05, 0.1) is 14.2 Å². The Morgan fingerprint density at radius 2 is 1.71 bits per heavy atom. The maximum Gasteiger partial charge on any atom is 0.124 e. The van der Waals surface area contributed by atoms with Crippen molar-refractivity contribution in [2.75, 3.05) is 26.1 Å². The van der Waals surface area contributed by atoms with Crippen molar-refractivity contribution >= 4 is 5.69 Å². The summed E-state index contributed by atoms with van der Waals surface area (Å²) in [6, 6.07) is 5.85. The molecule has 0 aliphatic heterocycles. The first kappa shape index (κ1) is 13.7. The normalized spacial score (nSPS) is 12.0. The van der Waals surface area contributed by atoms with Crippen molar-refractivity contribution in [3.63, 3.8) is 0 Å². The van der Waals surface area contributed by atoms with E-state index in [9.17, 15) is 0 Å². The predicted octanol–water partition coefficient (Wildman–Crippen LogP) is 3.55. The van der Waals surface area contributed by atoms with Crippen LogP contribution in [0.4, 0.5) is 5.69 Å². The van der Waals surface area contributed by atoms with Crippen LogP contribution in [0.3, 0.4) is 0 Å². The smallest absolute Gasteiger partial charge is 0.124 e. The van der Waals surface area contributed by atoms with Gasteiger partial charge in [-0.25, -0.2) is 0 Å². The van der Waals surface area contributed by atoms with Crippen molar-refractivity contribution in [1.82, 2.24) is 0 Å². The second-order valence-electron chi connectivity index (χ2n) is 4.38. The molecule has 1 rings (SSSR count). The summed E-state index contributed by atoms with van der Waals surface area (Å²) in [5, 5.41) is 3.42. The monoisotopic (exact) mass is 237 g/mol. The minimum atomic E-state index is 0.678. The summed E-state index contributed by atoms with van der Waals surface area (Å²) in [7, 11) is 3.33. The van der Waals surface area contributed by atoms with E-state index in [0.717, 1.165) is 23.7 Å². The highest BCUT2D eigenvalue weighted by Gasteiger charge is 2.04. The van der Waals surface area contributed by atoms with E-state index in [2.05, 4.69) is 19.2 Å². The molecular formula is C14H23NO2. The van der Waals surface area contributed by atoms with E-state index in [1.54, 1.807) is 14.2 Å². The third-order valence-electron chi connectivity index (χ3n) is 2.79. The quantitative estimate of drug-likeness (QED) is 0.786. The van der Waals surface area contributed by atoms with Crippen LogP contribution in [0.1, 0.15) is 26.7 Å². The Kier molecular flexibility index (Phi) is 5.67. The Morgan fingerprint density at radius 1 is 1.12 bits per heavy atom. The molecule has 1 N–H and O–H groups in total. The molecule has 0 saturated carbocycles. The number of hydrogen-bond donors (Lipinski definition) is 1. The van der Waals surface area contributed by atoms with Gasteiger partial charge in [-0.15, -0.1) is 0 Å². The van der Waals surface area contributed by atoms with Crippen LogP contribution in [-0.2, 0) is 0 Å². The van der Waals surface area contributed by atoms with Gasteiger partial charge in [0.2, 0.25) is 0 Å². The first-order chi connectivity index (χ1) is 8.19. The minimum absolute atomic E-state index is 0.678. The van der Waals surface area contributed by atoms with Crippen LogP contribution in [0.5, 0.6) is 11.5 Å². The van der Waals surface area contributed by atoms with Gasteiger partial charge in [-0.1, -0.05) is 20.3 Å². The highest BCUT2D eigenvalue weighted by atomic mass is 16.5. The van der Waals surface area contributed by atoms with Gasteiger partial charge in [-0.2, -0.15) is 0 Å². The molecule has 96 valence electrons. The van der Waals surface area contributed by atoms with Gasteiger partial charge < -0.3 is 14.8 Å². The molecule has 1 unspecified atom stereocenters. The number of nitrogens with one attached hydrogen (secondary N) is 1. The van der Waals surface area contributed by atoms with E-state index in [0.29, 0.717) is 5.92 Å². The molecule has 3 heteroatoms. The number of anilines is 1. The minimum Gasteiger partial charge on any atom is -0.497 e. The topological polar surface area (TPSA) is 30.5 Å². The Labute approximate surface area is 104 Å². The summed E-state index contributed by atoms with van der Waals surface area (Å²) < 4.78 is 10.5. The Balaban J connectivity index is 2.63. The largest absolute Gasteiger partial charge is 0.497 e. The van der Waals surface area contributed by atoms with Crippen molar-refractivity contribution in [2.45, 2.75) is 26.7 Å².